The Hall–Kier alpha value is -2.77. The fraction of sp³-hybridized carbons (Fsp3) is 0.609. The van der Waals surface area contributed by atoms with Crippen LogP contribution in [-0.2, 0) is 4.79 Å². The maximum absolute atomic E-state index is 13.2. The van der Waals surface area contributed by atoms with E-state index in [2.05, 4.69) is 22.9 Å². The molecule has 3 N–H and O–H groups in total. The van der Waals surface area contributed by atoms with Crippen molar-refractivity contribution in [2.24, 2.45) is 5.92 Å². The highest BCUT2D eigenvalue weighted by atomic mass is 16.2. The Morgan fingerprint density at radius 2 is 1.84 bits per heavy atom. The Kier molecular flexibility index (Phi) is 9.62. The number of para-hydroxylation sites is 1. The highest BCUT2D eigenvalue weighted by molar-refractivity contribution is 5.90. The molecular weight excluding hydrogens is 394 g/mol. The molecule has 1 aromatic rings. The second-order valence-corrected chi connectivity index (χ2v) is 8.24. The number of unbranched alkanes of at least 4 members (excludes halogenated alkanes) is 1. The fourth-order valence-corrected chi connectivity index (χ4v) is 3.63. The molecule has 1 fully saturated rings. The van der Waals surface area contributed by atoms with Crippen LogP contribution in [0.4, 0.5) is 15.3 Å². The second-order valence-electron chi connectivity index (χ2n) is 8.24. The van der Waals surface area contributed by atoms with E-state index in [9.17, 15) is 14.4 Å². The third-order valence-electron chi connectivity index (χ3n) is 5.81. The van der Waals surface area contributed by atoms with Gasteiger partial charge in [0.25, 0.3) is 0 Å². The number of carbonyl (C=O) groups is 3. The van der Waals surface area contributed by atoms with Gasteiger partial charge in [-0.3, -0.25) is 4.79 Å². The zero-order valence-corrected chi connectivity index (χ0v) is 19.2. The number of benzene rings is 1. The first kappa shape index (κ1) is 24.5. The molecule has 3 unspecified atom stereocenters. The van der Waals surface area contributed by atoms with Crippen LogP contribution in [0.3, 0.4) is 0 Å². The molecule has 0 saturated carbocycles. The van der Waals surface area contributed by atoms with Crippen LogP contribution in [-0.4, -0.2) is 66.0 Å². The molecule has 0 spiro atoms. The van der Waals surface area contributed by atoms with Crippen LogP contribution in [0.5, 0.6) is 0 Å². The SMILES string of the molecule is CCCCNC(=O)NC(C(=O)N1CCN(C(=O)Nc2ccccc2)C(C)C1)C(C)CC. The van der Waals surface area contributed by atoms with Crippen molar-refractivity contribution in [2.45, 2.75) is 59.0 Å². The molecule has 1 aliphatic rings. The number of amides is 5. The first-order valence-electron chi connectivity index (χ1n) is 11.3. The van der Waals surface area contributed by atoms with Crippen molar-refractivity contribution in [3.05, 3.63) is 30.3 Å². The molecule has 0 aromatic heterocycles. The molecule has 1 aliphatic heterocycles. The molecular formula is C23H37N5O3. The van der Waals surface area contributed by atoms with Gasteiger partial charge >= 0.3 is 12.1 Å². The molecule has 8 heteroatoms. The van der Waals surface area contributed by atoms with Crippen molar-refractivity contribution in [3.63, 3.8) is 0 Å². The molecule has 0 radical (unpaired) electrons. The van der Waals surface area contributed by atoms with Gasteiger partial charge in [0.05, 0.1) is 0 Å². The Morgan fingerprint density at radius 1 is 1.13 bits per heavy atom. The van der Waals surface area contributed by atoms with E-state index in [1.54, 1.807) is 9.80 Å². The van der Waals surface area contributed by atoms with Crippen LogP contribution in [0.15, 0.2) is 30.3 Å². The number of carbonyl (C=O) groups excluding carboxylic acids is 3. The van der Waals surface area contributed by atoms with Crippen LogP contribution in [0.25, 0.3) is 0 Å². The Balaban J connectivity index is 1.96. The zero-order chi connectivity index (χ0) is 22.8. The van der Waals surface area contributed by atoms with Crippen molar-refractivity contribution in [2.75, 3.05) is 31.5 Å². The van der Waals surface area contributed by atoms with Crippen LogP contribution in [0.2, 0.25) is 0 Å². The smallest absolute Gasteiger partial charge is 0.322 e. The maximum atomic E-state index is 13.2. The summed E-state index contributed by atoms with van der Waals surface area (Å²) in [6.45, 7) is 9.90. The molecule has 0 bridgehead atoms. The Labute approximate surface area is 185 Å². The van der Waals surface area contributed by atoms with Gasteiger partial charge in [-0.15, -0.1) is 0 Å². The van der Waals surface area contributed by atoms with Gasteiger partial charge in [0.2, 0.25) is 5.91 Å². The van der Waals surface area contributed by atoms with Crippen molar-refractivity contribution >= 4 is 23.7 Å². The van der Waals surface area contributed by atoms with E-state index in [0.29, 0.717) is 26.2 Å². The first-order valence-corrected chi connectivity index (χ1v) is 11.3. The van der Waals surface area contributed by atoms with Gasteiger partial charge in [0, 0.05) is 37.9 Å². The lowest BCUT2D eigenvalue weighted by atomic mass is 9.97. The number of anilines is 1. The minimum atomic E-state index is -0.580. The Morgan fingerprint density at radius 3 is 2.45 bits per heavy atom. The molecule has 31 heavy (non-hydrogen) atoms. The molecule has 5 amide bonds. The summed E-state index contributed by atoms with van der Waals surface area (Å²) in [7, 11) is 0. The lowest BCUT2D eigenvalue weighted by Crippen LogP contribution is -2.61. The molecule has 8 nitrogen and oxygen atoms in total. The third kappa shape index (κ3) is 7.15. The second kappa shape index (κ2) is 12.2. The minimum absolute atomic E-state index is 0.0131. The van der Waals surface area contributed by atoms with E-state index < -0.39 is 6.04 Å². The molecule has 0 aliphatic carbocycles. The molecule has 3 atom stereocenters. The molecule has 2 rings (SSSR count). The topological polar surface area (TPSA) is 93.8 Å². The van der Waals surface area contributed by atoms with Crippen molar-refractivity contribution < 1.29 is 14.4 Å². The summed E-state index contributed by atoms with van der Waals surface area (Å²) in [4.78, 5) is 41.7. The number of hydrogen-bond acceptors (Lipinski definition) is 3. The standard InChI is InChI=1S/C23H37N5O3/c1-5-7-13-24-22(30)26-20(17(3)6-2)21(29)27-14-15-28(18(4)16-27)23(31)25-19-11-9-8-10-12-19/h8-12,17-18,20H,5-7,13-16H2,1-4H3,(H,25,31)(H2,24,26,30). The van der Waals surface area contributed by atoms with Crippen molar-refractivity contribution in [3.8, 4) is 0 Å². The highest BCUT2D eigenvalue weighted by Gasteiger charge is 2.35. The summed E-state index contributed by atoms with van der Waals surface area (Å²) in [5.41, 5.74) is 0.744. The van der Waals surface area contributed by atoms with Crippen LogP contribution in [0.1, 0.15) is 47.0 Å². The lowest BCUT2D eigenvalue weighted by molar-refractivity contribution is -0.136. The van der Waals surface area contributed by atoms with Crippen LogP contribution < -0.4 is 16.0 Å². The van der Waals surface area contributed by atoms with Crippen molar-refractivity contribution in [1.29, 1.82) is 0 Å². The van der Waals surface area contributed by atoms with E-state index in [1.165, 1.54) is 0 Å². The number of piperazine rings is 1. The molecule has 172 valence electrons. The summed E-state index contributed by atoms with van der Waals surface area (Å²) < 4.78 is 0. The summed E-state index contributed by atoms with van der Waals surface area (Å²) in [5.74, 6) is -0.0749. The van der Waals surface area contributed by atoms with E-state index in [1.807, 2.05) is 51.1 Å². The quantitative estimate of drug-likeness (QED) is 0.552. The van der Waals surface area contributed by atoms with Gasteiger partial charge in [-0.1, -0.05) is 51.8 Å². The summed E-state index contributed by atoms with van der Waals surface area (Å²) in [6, 6.07) is 8.15. The van der Waals surface area contributed by atoms with E-state index in [4.69, 9.17) is 0 Å². The van der Waals surface area contributed by atoms with Gasteiger partial charge < -0.3 is 25.8 Å². The highest BCUT2D eigenvalue weighted by Crippen LogP contribution is 2.17. The fourth-order valence-electron chi connectivity index (χ4n) is 3.63. The number of urea groups is 2. The largest absolute Gasteiger partial charge is 0.338 e. The number of nitrogens with zero attached hydrogens (tertiary/aromatic N) is 2. The van der Waals surface area contributed by atoms with Crippen LogP contribution in [0, 0.1) is 5.92 Å². The lowest BCUT2D eigenvalue weighted by Gasteiger charge is -2.41. The molecule has 1 saturated heterocycles. The average Bonchev–Trinajstić information content (AvgIpc) is 2.77. The van der Waals surface area contributed by atoms with Gasteiger partial charge in [-0.25, -0.2) is 9.59 Å². The number of hydrogen-bond donors (Lipinski definition) is 3. The normalized spacial score (nSPS) is 18.1. The van der Waals surface area contributed by atoms with E-state index in [0.717, 1.165) is 24.9 Å². The predicted octanol–water partition coefficient (Wildman–Crippen LogP) is 3.27. The predicted molar refractivity (Wildman–Crippen MR) is 123 cm³/mol. The van der Waals surface area contributed by atoms with Crippen molar-refractivity contribution in [1.82, 2.24) is 20.4 Å². The Bertz CT molecular complexity index is 727. The number of nitrogens with one attached hydrogen (secondary N) is 3. The summed E-state index contributed by atoms with van der Waals surface area (Å²) in [6.07, 6.45) is 2.68. The third-order valence-corrected chi connectivity index (χ3v) is 5.81. The minimum Gasteiger partial charge on any atom is -0.338 e. The van der Waals surface area contributed by atoms with Gasteiger partial charge in [-0.2, -0.15) is 0 Å². The summed E-state index contributed by atoms with van der Waals surface area (Å²) in [5, 5.41) is 8.60. The zero-order valence-electron chi connectivity index (χ0n) is 19.2. The van der Waals surface area contributed by atoms with Gasteiger partial charge in [-0.05, 0) is 31.4 Å². The van der Waals surface area contributed by atoms with E-state index >= 15 is 0 Å². The van der Waals surface area contributed by atoms with Crippen LogP contribution >= 0.6 is 0 Å². The molecule has 1 aromatic carbocycles. The maximum Gasteiger partial charge on any atom is 0.322 e. The average molecular weight is 432 g/mol. The van der Waals surface area contributed by atoms with E-state index in [-0.39, 0.29) is 29.9 Å². The number of rotatable bonds is 8. The monoisotopic (exact) mass is 431 g/mol. The van der Waals surface area contributed by atoms with Gasteiger partial charge in [0.15, 0.2) is 0 Å². The van der Waals surface area contributed by atoms with Gasteiger partial charge in [0.1, 0.15) is 6.04 Å². The first-order chi connectivity index (χ1) is 14.9. The summed E-state index contributed by atoms with van der Waals surface area (Å²) >= 11 is 0. The molecule has 1 heterocycles.